The first-order valence-electron chi connectivity index (χ1n) is 5.57. The van der Waals surface area contributed by atoms with Gasteiger partial charge in [-0.15, -0.1) is 5.10 Å². The van der Waals surface area contributed by atoms with Crippen molar-refractivity contribution in [3.05, 3.63) is 19.0 Å². The summed E-state index contributed by atoms with van der Waals surface area (Å²) in [4.78, 5) is 20.1. The molecule has 0 atom stereocenters. The number of anilines is 1. The standard InChI is InChI=1S/C9H10N10O/c1-10-6-14-7(19-4-11-3-13-19)16-9(15-6)20-8-12-5-18(2)17-8/h3-5H,1-2H3,(H,10,14,15,16). The van der Waals surface area contributed by atoms with Gasteiger partial charge in [-0.2, -0.15) is 29.7 Å². The molecule has 20 heavy (non-hydrogen) atoms. The van der Waals surface area contributed by atoms with Crippen LogP contribution < -0.4 is 10.1 Å². The molecule has 0 saturated carbocycles. The third-order valence-electron chi connectivity index (χ3n) is 2.21. The highest BCUT2D eigenvalue weighted by Gasteiger charge is 2.11. The second-order valence-electron chi connectivity index (χ2n) is 3.63. The Kier molecular flexibility index (Phi) is 2.91. The molecule has 0 amide bonds. The van der Waals surface area contributed by atoms with Gasteiger partial charge in [0.05, 0.1) is 0 Å². The summed E-state index contributed by atoms with van der Waals surface area (Å²) in [5.74, 6) is 0.601. The smallest absolute Gasteiger partial charge is 0.343 e. The number of nitrogens with one attached hydrogen (secondary N) is 1. The third-order valence-corrected chi connectivity index (χ3v) is 2.21. The Balaban J connectivity index is 1.96. The van der Waals surface area contributed by atoms with Crippen molar-refractivity contribution in [3.8, 4) is 18.0 Å². The van der Waals surface area contributed by atoms with Gasteiger partial charge in [0.1, 0.15) is 19.0 Å². The number of aromatic nitrogens is 9. The predicted molar refractivity (Wildman–Crippen MR) is 65.4 cm³/mol. The average molecular weight is 274 g/mol. The van der Waals surface area contributed by atoms with Gasteiger partial charge in [-0.1, -0.05) is 0 Å². The first-order valence-corrected chi connectivity index (χ1v) is 5.57. The minimum atomic E-state index is 0.0565. The summed E-state index contributed by atoms with van der Waals surface area (Å²) in [5, 5.41) is 10.7. The van der Waals surface area contributed by atoms with E-state index in [1.54, 1.807) is 14.1 Å². The van der Waals surface area contributed by atoms with E-state index in [-0.39, 0.29) is 18.0 Å². The molecular weight excluding hydrogens is 264 g/mol. The number of hydrogen-bond acceptors (Lipinski definition) is 9. The van der Waals surface area contributed by atoms with Gasteiger partial charge in [0.2, 0.25) is 5.95 Å². The van der Waals surface area contributed by atoms with E-state index in [0.29, 0.717) is 5.95 Å². The predicted octanol–water partition coefficient (Wildman–Crippen LogP) is -0.585. The van der Waals surface area contributed by atoms with Crippen molar-refractivity contribution < 1.29 is 4.74 Å². The number of rotatable bonds is 4. The molecule has 0 aliphatic heterocycles. The van der Waals surface area contributed by atoms with Crippen LogP contribution in [-0.4, -0.2) is 51.5 Å². The monoisotopic (exact) mass is 274 g/mol. The van der Waals surface area contributed by atoms with Gasteiger partial charge < -0.3 is 10.1 Å². The van der Waals surface area contributed by atoms with E-state index in [1.807, 2.05) is 0 Å². The van der Waals surface area contributed by atoms with Crippen LogP contribution in [0.1, 0.15) is 0 Å². The quantitative estimate of drug-likeness (QED) is 0.665. The zero-order chi connectivity index (χ0) is 13.9. The molecule has 11 heteroatoms. The lowest BCUT2D eigenvalue weighted by molar-refractivity contribution is 0.402. The third kappa shape index (κ3) is 2.36. The summed E-state index contributed by atoms with van der Waals surface area (Å²) in [5.41, 5.74) is 0. The van der Waals surface area contributed by atoms with Crippen LogP contribution in [0.4, 0.5) is 5.95 Å². The van der Waals surface area contributed by atoms with Gasteiger partial charge in [-0.3, -0.25) is 4.68 Å². The first-order chi connectivity index (χ1) is 9.74. The zero-order valence-corrected chi connectivity index (χ0v) is 10.7. The van der Waals surface area contributed by atoms with Crippen molar-refractivity contribution in [2.45, 2.75) is 0 Å². The molecule has 3 aromatic rings. The Morgan fingerprint density at radius 1 is 1.15 bits per heavy atom. The largest absolute Gasteiger partial charge is 0.387 e. The highest BCUT2D eigenvalue weighted by Crippen LogP contribution is 2.14. The van der Waals surface area contributed by atoms with Crippen LogP contribution in [0.15, 0.2) is 19.0 Å². The Labute approximate surface area is 112 Å². The fourth-order valence-electron chi connectivity index (χ4n) is 1.37. The molecule has 0 saturated heterocycles. The summed E-state index contributed by atoms with van der Waals surface area (Å²) in [7, 11) is 3.41. The van der Waals surface area contributed by atoms with Crippen LogP contribution in [-0.2, 0) is 7.05 Å². The lowest BCUT2D eigenvalue weighted by Crippen LogP contribution is -2.08. The molecular formula is C9H10N10O. The topological polar surface area (TPSA) is 121 Å². The Hall–Kier alpha value is -3.11. The van der Waals surface area contributed by atoms with E-state index >= 15 is 0 Å². The van der Waals surface area contributed by atoms with Gasteiger partial charge in [0, 0.05) is 14.1 Å². The van der Waals surface area contributed by atoms with Crippen LogP contribution >= 0.6 is 0 Å². The summed E-state index contributed by atoms with van der Waals surface area (Å²) in [6.07, 6.45) is 4.36. The maximum Gasteiger partial charge on any atom is 0.343 e. The normalized spacial score (nSPS) is 10.5. The summed E-state index contributed by atoms with van der Waals surface area (Å²) >= 11 is 0. The first kappa shape index (κ1) is 12.0. The SMILES string of the molecule is CNc1nc(Oc2ncn(C)n2)nc(-n2cncn2)n1. The van der Waals surface area contributed by atoms with Crippen LogP contribution in [0, 0.1) is 0 Å². The van der Waals surface area contributed by atoms with Crippen LogP contribution in [0.2, 0.25) is 0 Å². The lowest BCUT2D eigenvalue weighted by Gasteiger charge is -2.05. The molecule has 3 heterocycles. The van der Waals surface area contributed by atoms with E-state index in [1.165, 1.54) is 28.3 Å². The Morgan fingerprint density at radius 3 is 2.70 bits per heavy atom. The van der Waals surface area contributed by atoms with E-state index in [0.717, 1.165) is 0 Å². The van der Waals surface area contributed by atoms with Gasteiger partial charge in [0.25, 0.3) is 5.95 Å². The Morgan fingerprint density at radius 2 is 2.05 bits per heavy atom. The average Bonchev–Trinajstić information content (AvgIpc) is 3.10. The lowest BCUT2D eigenvalue weighted by atomic mass is 10.8. The molecule has 0 aromatic carbocycles. The summed E-state index contributed by atoms with van der Waals surface area (Å²) < 4.78 is 8.27. The van der Waals surface area contributed by atoms with Crippen molar-refractivity contribution in [1.82, 2.24) is 44.5 Å². The maximum atomic E-state index is 5.37. The van der Waals surface area contributed by atoms with Gasteiger partial charge >= 0.3 is 12.0 Å². The fraction of sp³-hybridized carbons (Fsp3) is 0.222. The number of hydrogen-bond donors (Lipinski definition) is 1. The molecule has 0 bridgehead atoms. The van der Waals surface area contributed by atoms with E-state index < -0.39 is 0 Å². The molecule has 3 rings (SSSR count). The summed E-state index contributed by atoms with van der Waals surface area (Å²) in [6, 6.07) is 0.200. The van der Waals surface area contributed by atoms with Gasteiger partial charge in [-0.25, -0.2) is 4.98 Å². The molecule has 0 aliphatic carbocycles. The Bertz CT molecular complexity index is 705. The molecule has 11 nitrogen and oxygen atoms in total. The highest BCUT2D eigenvalue weighted by molar-refractivity contribution is 5.29. The van der Waals surface area contributed by atoms with E-state index in [9.17, 15) is 0 Å². The molecule has 0 aliphatic rings. The van der Waals surface area contributed by atoms with Crippen molar-refractivity contribution >= 4 is 5.95 Å². The number of nitrogens with zero attached hydrogens (tertiary/aromatic N) is 9. The van der Waals surface area contributed by atoms with Crippen LogP contribution in [0.3, 0.4) is 0 Å². The van der Waals surface area contributed by atoms with E-state index in [2.05, 4.69) is 40.4 Å². The van der Waals surface area contributed by atoms with Crippen LogP contribution in [0.25, 0.3) is 5.95 Å². The molecule has 102 valence electrons. The minimum absolute atomic E-state index is 0.0565. The number of aryl methyl sites for hydroxylation is 1. The molecule has 1 N–H and O–H groups in total. The minimum Gasteiger partial charge on any atom is -0.387 e. The maximum absolute atomic E-state index is 5.37. The van der Waals surface area contributed by atoms with Crippen molar-refractivity contribution in [3.63, 3.8) is 0 Å². The summed E-state index contributed by atoms with van der Waals surface area (Å²) in [6.45, 7) is 0. The van der Waals surface area contributed by atoms with Crippen molar-refractivity contribution in [1.29, 1.82) is 0 Å². The fourth-order valence-corrected chi connectivity index (χ4v) is 1.37. The van der Waals surface area contributed by atoms with E-state index in [4.69, 9.17) is 4.74 Å². The van der Waals surface area contributed by atoms with Crippen LogP contribution in [0.5, 0.6) is 12.0 Å². The van der Waals surface area contributed by atoms with Gasteiger partial charge in [0.15, 0.2) is 0 Å². The second-order valence-corrected chi connectivity index (χ2v) is 3.63. The number of ether oxygens (including phenoxy) is 1. The molecule has 0 fully saturated rings. The van der Waals surface area contributed by atoms with Crippen molar-refractivity contribution in [2.24, 2.45) is 7.05 Å². The molecule has 0 unspecified atom stereocenters. The van der Waals surface area contributed by atoms with Gasteiger partial charge in [-0.05, 0) is 0 Å². The highest BCUT2D eigenvalue weighted by atomic mass is 16.5. The van der Waals surface area contributed by atoms with Crippen molar-refractivity contribution in [2.75, 3.05) is 12.4 Å². The zero-order valence-electron chi connectivity index (χ0n) is 10.7. The second kappa shape index (κ2) is 4.87. The molecule has 3 aromatic heterocycles. The molecule has 0 spiro atoms. The molecule has 0 radical (unpaired) electrons.